The normalized spacial score (nSPS) is 13.2. The number of imidazole rings is 1. The second-order valence-corrected chi connectivity index (χ2v) is 7.58. The summed E-state index contributed by atoms with van der Waals surface area (Å²) in [4.78, 5) is 28.5. The highest BCUT2D eigenvalue weighted by Crippen LogP contribution is 2.30. The Balaban J connectivity index is 1.20. The van der Waals surface area contributed by atoms with E-state index in [9.17, 15) is 9.59 Å². The minimum absolute atomic E-state index is 0.0470. The van der Waals surface area contributed by atoms with Gasteiger partial charge >= 0.3 is 0 Å². The third kappa shape index (κ3) is 4.97. The third-order valence-corrected chi connectivity index (χ3v) is 5.15. The van der Waals surface area contributed by atoms with Crippen LogP contribution in [0.2, 0.25) is 0 Å². The summed E-state index contributed by atoms with van der Waals surface area (Å²) in [6, 6.07) is 15.2. The Bertz CT molecular complexity index is 1060. The molecule has 0 aliphatic heterocycles. The molecule has 156 valence electrons. The highest BCUT2D eigenvalue weighted by atomic mass is 16.5. The van der Waals surface area contributed by atoms with Crippen molar-refractivity contribution in [2.24, 2.45) is 5.92 Å². The average molecular weight is 406 g/mol. The lowest BCUT2D eigenvalue weighted by atomic mass is 10.3. The Morgan fingerprint density at radius 3 is 2.83 bits per heavy atom. The predicted molar refractivity (Wildman–Crippen MR) is 115 cm³/mol. The molecule has 1 aliphatic rings. The molecule has 1 saturated carbocycles. The number of para-hydroxylation sites is 2. The predicted octanol–water partition coefficient (Wildman–Crippen LogP) is 3.28. The van der Waals surface area contributed by atoms with Crippen molar-refractivity contribution in [2.75, 3.05) is 18.5 Å². The molecule has 2 aromatic carbocycles. The number of ether oxygens (including phenoxy) is 1. The fourth-order valence-electron chi connectivity index (χ4n) is 3.40. The summed E-state index contributed by atoms with van der Waals surface area (Å²) < 4.78 is 7.73. The third-order valence-electron chi connectivity index (χ3n) is 5.15. The topological polar surface area (TPSA) is 85.2 Å². The van der Waals surface area contributed by atoms with Gasteiger partial charge in [-0.3, -0.25) is 9.59 Å². The van der Waals surface area contributed by atoms with Gasteiger partial charge in [0.25, 0.3) is 5.91 Å². The molecule has 2 amide bonds. The summed E-state index contributed by atoms with van der Waals surface area (Å²) in [5.41, 5.74) is 2.79. The van der Waals surface area contributed by atoms with Gasteiger partial charge in [-0.15, -0.1) is 0 Å². The van der Waals surface area contributed by atoms with Gasteiger partial charge in [0, 0.05) is 30.8 Å². The van der Waals surface area contributed by atoms with Gasteiger partial charge < -0.3 is 19.9 Å². The molecule has 0 spiro atoms. The van der Waals surface area contributed by atoms with Gasteiger partial charge in [-0.05, 0) is 50.5 Å². The van der Waals surface area contributed by atoms with Crippen LogP contribution in [0, 0.1) is 12.8 Å². The fraction of sp³-hybridized carbons (Fsp3) is 0.348. The van der Waals surface area contributed by atoms with Gasteiger partial charge in [-0.25, -0.2) is 4.98 Å². The molecule has 0 bridgehead atoms. The van der Waals surface area contributed by atoms with Crippen molar-refractivity contribution in [1.29, 1.82) is 0 Å². The first-order valence-electron chi connectivity index (χ1n) is 10.3. The first-order valence-corrected chi connectivity index (χ1v) is 10.3. The highest BCUT2D eigenvalue weighted by molar-refractivity contribution is 5.94. The zero-order valence-corrected chi connectivity index (χ0v) is 17.1. The number of nitrogens with one attached hydrogen (secondary N) is 2. The summed E-state index contributed by atoms with van der Waals surface area (Å²) >= 11 is 0. The van der Waals surface area contributed by atoms with Crippen molar-refractivity contribution < 1.29 is 14.3 Å². The van der Waals surface area contributed by atoms with Crippen LogP contribution in [0.3, 0.4) is 0 Å². The minimum atomic E-state index is -0.172. The largest absolute Gasteiger partial charge is 0.484 e. The van der Waals surface area contributed by atoms with E-state index in [1.807, 2.05) is 31.2 Å². The van der Waals surface area contributed by atoms with Gasteiger partial charge in [0.05, 0.1) is 11.0 Å². The van der Waals surface area contributed by atoms with E-state index in [1.54, 1.807) is 18.2 Å². The lowest BCUT2D eigenvalue weighted by Crippen LogP contribution is -2.30. The highest BCUT2D eigenvalue weighted by Gasteiger charge is 2.29. The summed E-state index contributed by atoms with van der Waals surface area (Å²) in [7, 11) is 0. The van der Waals surface area contributed by atoms with E-state index in [0.29, 0.717) is 18.0 Å². The first-order chi connectivity index (χ1) is 14.6. The maximum absolute atomic E-state index is 12.1. The molecule has 1 aromatic heterocycles. The Kier molecular flexibility index (Phi) is 5.97. The Hall–Kier alpha value is -3.35. The van der Waals surface area contributed by atoms with Crippen LogP contribution in [0.25, 0.3) is 11.0 Å². The fourth-order valence-corrected chi connectivity index (χ4v) is 3.40. The Morgan fingerprint density at radius 1 is 1.17 bits per heavy atom. The van der Waals surface area contributed by atoms with Crippen LogP contribution < -0.4 is 15.4 Å². The van der Waals surface area contributed by atoms with E-state index in [-0.39, 0.29) is 24.3 Å². The SMILES string of the molecule is Cc1nc2ccccc2n1CCCNC(=O)COc1cccc(NC(=O)C2CC2)c1. The van der Waals surface area contributed by atoms with Gasteiger partial charge in [-0.2, -0.15) is 0 Å². The molecule has 2 N–H and O–H groups in total. The smallest absolute Gasteiger partial charge is 0.257 e. The van der Waals surface area contributed by atoms with Crippen molar-refractivity contribution in [3.63, 3.8) is 0 Å². The lowest BCUT2D eigenvalue weighted by Gasteiger charge is -2.10. The van der Waals surface area contributed by atoms with Crippen molar-refractivity contribution in [2.45, 2.75) is 32.7 Å². The number of carbonyl (C=O) groups excluding carboxylic acids is 2. The standard InChI is InChI=1S/C23H26N4O3/c1-16-25-20-8-2-3-9-21(20)27(16)13-5-12-24-22(28)15-30-19-7-4-6-18(14-19)26-23(29)17-10-11-17/h2-4,6-9,14,17H,5,10-13,15H2,1H3,(H,24,28)(H,26,29). The second-order valence-electron chi connectivity index (χ2n) is 7.58. The monoisotopic (exact) mass is 406 g/mol. The van der Waals surface area contributed by atoms with E-state index in [0.717, 1.165) is 42.7 Å². The number of rotatable bonds is 9. The number of fused-ring (bicyclic) bond motifs is 1. The molecule has 0 radical (unpaired) electrons. The molecule has 0 unspecified atom stereocenters. The number of amides is 2. The van der Waals surface area contributed by atoms with E-state index < -0.39 is 0 Å². The molecule has 3 aromatic rings. The van der Waals surface area contributed by atoms with Crippen molar-refractivity contribution in [3.05, 3.63) is 54.4 Å². The number of hydrogen-bond donors (Lipinski definition) is 2. The number of aromatic nitrogens is 2. The molecule has 1 heterocycles. The maximum atomic E-state index is 12.1. The molecule has 0 atom stereocenters. The number of hydrogen-bond acceptors (Lipinski definition) is 4. The first kappa shape index (κ1) is 19.9. The molecule has 0 saturated heterocycles. The quantitative estimate of drug-likeness (QED) is 0.534. The molecule has 7 nitrogen and oxygen atoms in total. The van der Waals surface area contributed by atoms with Gasteiger partial charge in [-0.1, -0.05) is 18.2 Å². The lowest BCUT2D eigenvalue weighted by molar-refractivity contribution is -0.123. The van der Waals surface area contributed by atoms with E-state index in [4.69, 9.17) is 4.74 Å². The summed E-state index contributed by atoms with van der Waals surface area (Å²) in [6.45, 7) is 3.28. The Morgan fingerprint density at radius 2 is 2.00 bits per heavy atom. The van der Waals surface area contributed by atoms with Crippen LogP contribution in [-0.2, 0) is 16.1 Å². The summed E-state index contributed by atoms with van der Waals surface area (Å²) in [5, 5.41) is 5.76. The van der Waals surface area contributed by atoms with Crippen molar-refractivity contribution >= 4 is 28.5 Å². The van der Waals surface area contributed by atoms with E-state index in [1.165, 1.54) is 0 Å². The zero-order valence-electron chi connectivity index (χ0n) is 17.1. The number of carbonyl (C=O) groups is 2. The van der Waals surface area contributed by atoms with Gasteiger partial charge in [0.1, 0.15) is 11.6 Å². The molecule has 4 rings (SSSR count). The van der Waals surface area contributed by atoms with Gasteiger partial charge in [0.15, 0.2) is 6.61 Å². The zero-order chi connectivity index (χ0) is 20.9. The number of anilines is 1. The van der Waals surface area contributed by atoms with Crippen LogP contribution in [-0.4, -0.2) is 34.5 Å². The van der Waals surface area contributed by atoms with E-state index >= 15 is 0 Å². The summed E-state index contributed by atoms with van der Waals surface area (Å²) in [5.74, 6) is 1.55. The van der Waals surface area contributed by atoms with Crippen LogP contribution in [0.15, 0.2) is 48.5 Å². The van der Waals surface area contributed by atoms with Crippen LogP contribution in [0.1, 0.15) is 25.1 Å². The van der Waals surface area contributed by atoms with Gasteiger partial charge in [0.2, 0.25) is 5.91 Å². The van der Waals surface area contributed by atoms with Crippen LogP contribution in [0.5, 0.6) is 5.75 Å². The maximum Gasteiger partial charge on any atom is 0.257 e. The molecule has 1 fully saturated rings. The number of benzene rings is 2. The van der Waals surface area contributed by atoms with E-state index in [2.05, 4.69) is 26.3 Å². The molecule has 7 heteroatoms. The van der Waals surface area contributed by atoms with Crippen LogP contribution >= 0.6 is 0 Å². The molecular formula is C23H26N4O3. The van der Waals surface area contributed by atoms with Crippen LogP contribution in [0.4, 0.5) is 5.69 Å². The Labute approximate surface area is 175 Å². The number of aryl methyl sites for hydroxylation is 2. The molecular weight excluding hydrogens is 380 g/mol. The van der Waals surface area contributed by atoms with Crippen molar-refractivity contribution in [1.82, 2.24) is 14.9 Å². The summed E-state index contributed by atoms with van der Waals surface area (Å²) in [6.07, 6.45) is 2.72. The number of nitrogens with zero attached hydrogens (tertiary/aromatic N) is 2. The second kappa shape index (κ2) is 8.98. The average Bonchev–Trinajstić information content (AvgIpc) is 3.54. The molecule has 1 aliphatic carbocycles. The van der Waals surface area contributed by atoms with Crippen molar-refractivity contribution in [3.8, 4) is 5.75 Å². The minimum Gasteiger partial charge on any atom is -0.484 e. The molecule has 30 heavy (non-hydrogen) atoms.